The van der Waals surface area contributed by atoms with Gasteiger partial charge in [-0.05, 0) is 18.1 Å². The number of carbonyl (C=O) groups excluding carboxylic acids is 1. The van der Waals surface area contributed by atoms with E-state index in [1.165, 1.54) is 0 Å². The highest BCUT2D eigenvalue weighted by molar-refractivity contribution is 5.67. The number of rotatable bonds is 7. The van der Waals surface area contributed by atoms with Crippen LogP contribution in [0, 0.1) is 0 Å². The number of amides is 1. The molecule has 0 aliphatic rings. The van der Waals surface area contributed by atoms with Gasteiger partial charge in [0.2, 0.25) is 0 Å². The van der Waals surface area contributed by atoms with Crippen molar-refractivity contribution in [2.24, 2.45) is 0 Å². The van der Waals surface area contributed by atoms with Crippen LogP contribution in [0.4, 0.5) is 4.79 Å². The Morgan fingerprint density at radius 1 is 0.955 bits per heavy atom. The summed E-state index contributed by atoms with van der Waals surface area (Å²) in [5, 5.41) is 2.75. The molecule has 2 aromatic rings. The first-order valence-corrected chi connectivity index (χ1v) is 7.33. The summed E-state index contributed by atoms with van der Waals surface area (Å²) >= 11 is 0. The van der Waals surface area contributed by atoms with Crippen LogP contribution in [0.5, 0.6) is 0 Å². The molecule has 1 unspecified atom stereocenters. The zero-order valence-corrected chi connectivity index (χ0v) is 12.7. The summed E-state index contributed by atoms with van der Waals surface area (Å²) in [4.78, 5) is 11.7. The lowest BCUT2D eigenvalue weighted by Crippen LogP contribution is -2.36. The SMILES string of the molecule is CC(COCc1ccccc1)NC(=O)OCc1ccccc1. The third-order valence-electron chi connectivity index (χ3n) is 3.06. The maximum absolute atomic E-state index is 11.7. The van der Waals surface area contributed by atoms with Crippen molar-refractivity contribution >= 4 is 6.09 Å². The molecule has 0 radical (unpaired) electrons. The van der Waals surface area contributed by atoms with Gasteiger partial charge >= 0.3 is 6.09 Å². The fourth-order valence-electron chi connectivity index (χ4n) is 1.94. The van der Waals surface area contributed by atoms with Crippen molar-refractivity contribution in [1.82, 2.24) is 5.32 Å². The summed E-state index contributed by atoms with van der Waals surface area (Å²) in [7, 11) is 0. The van der Waals surface area contributed by atoms with Gasteiger partial charge in [0.05, 0.1) is 19.3 Å². The van der Waals surface area contributed by atoms with Gasteiger partial charge in [0.15, 0.2) is 0 Å². The summed E-state index contributed by atoms with van der Waals surface area (Å²) in [6, 6.07) is 19.4. The molecule has 0 saturated heterocycles. The van der Waals surface area contributed by atoms with E-state index in [1.54, 1.807) is 0 Å². The molecular formula is C18H21NO3. The Hall–Kier alpha value is -2.33. The number of nitrogens with one attached hydrogen (secondary N) is 1. The molecule has 0 bridgehead atoms. The van der Waals surface area contributed by atoms with Gasteiger partial charge in [-0.2, -0.15) is 0 Å². The van der Waals surface area contributed by atoms with Gasteiger partial charge in [0.25, 0.3) is 0 Å². The normalized spacial score (nSPS) is 11.7. The molecule has 0 saturated carbocycles. The molecule has 4 heteroatoms. The minimum absolute atomic E-state index is 0.105. The largest absolute Gasteiger partial charge is 0.445 e. The van der Waals surface area contributed by atoms with Crippen LogP contribution in [0.3, 0.4) is 0 Å². The van der Waals surface area contributed by atoms with Crippen LogP contribution in [0.25, 0.3) is 0 Å². The lowest BCUT2D eigenvalue weighted by Gasteiger charge is -2.14. The molecule has 2 aromatic carbocycles. The second-order valence-corrected chi connectivity index (χ2v) is 5.11. The first-order valence-electron chi connectivity index (χ1n) is 7.33. The summed E-state index contributed by atoms with van der Waals surface area (Å²) in [5.74, 6) is 0. The van der Waals surface area contributed by atoms with Crippen LogP contribution in [-0.4, -0.2) is 18.7 Å². The van der Waals surface area contributed by atoms with Gasteiger partial charge < -0.3 is 14.8 Å². The molecular weight excluding hydrogens is 278 g/mol. The molecule has 1 N–H and O–H groups in total. The average molecular weight is 299 g/mol. The third-order valence-corrected chi connectivity index (χ3v) is 3.06. The van der Waals surface area contributed by atoms with Gasteiger partial charge in [0.1, 0.15) is 6.61 Å². The number of alkyl carbamates (subject to hydrolysis) is 1. The molecule has 0 aliphatic carbocycles. The molecule has 0 spiro atoms. The Balaban J connectivity index is 1.62. The van der Waals surface area contributed by atoms with Crippen LogP contribution in [-0.2, 0) is 22.7 Å². The summed E-state index contributed by atoms with van der Waals surface area (Å²) in [6.45, 7) is 3.13. The Bertz CT molecular complexity index is 557. The predicted molar refractivity (Wildman–Crippen MR) is 85.3 cm³/mol. The molecule has 1 amide bonds. The fraction of sp³-hybridized carbons (Fsp3) is 0.278. The summed E-state index contributed by atoms with van der Waals surface area (Å²) in [5.41, 5.74) is 2.08. The molecule has 0 heterocycles. The van der Waals surface area contributed by atoms with E-state index >= 15 is 0 Å². The van der Waals surface area contributed by atoms with Crippen LogP contribution in [0.15, 0.2) is 60.7 Å². The molecule has 0 aromatic heterocycles. The van der Waals surface area contributed by atoms with Crippen molar-refractivity contribution in [3.05, 3.63) is 71.8 Å². The van der Waals surface area contributed by atoms with Gasteiger partial charge in [0, 0.05) is 0 Å². The van der Waals surface area contributed by atoms with E-state index in [1.807, 2.05) is 67.6 Å². The minimum atomic E-state index is -0.431. The Morgan fingerprint density at radius 3 is 2.09 bits per heavy atom. The highest BCUT2D eigenvalue weighted by atomic mass is 16.5. The van der Waals surface area contributed by atoms with Gasteiger partial charge in [-0.15, -0.1) is 0 Å². The Labute approximate surface area is 131 Å². The van der Waals surface area contributed by atoms with Crippen LogP contribution in [0.2, 0.25) is 0 Å². The van der Waals surface area contributed by atoms with E-state index < -0.39 is 6.09 Å². The number of hydrogen-bond acceptors (Lipinski definition) is 3. The number of ether oxygens (including phenoxy) is 2. The van der Waals surface area contributed by atoms with E-state index in [9.17, 15) is 4.79 Å². The third kappa shape index (κ3) is 5.97. The van der Waals surface area contributed by atoms with Crippen molar-refractivity contribution in [3.63, 3.8) is 0 Å². The molecule has 4 nitrogen and oxygen atoms in total. The van der Waals surface area contributed by atoms with Crippen molar-refractivity contribution in [1.29, 1.82) is 0 Å². The topological polar surface area (TPSA) is 47.6 Å². The maximum Gasteiger partial charge on any atom is 0.407 e. The zero-order valence-electron chi connectivity index (χ0n) is 12.7. The van der Waals surface area contributed by atoms with Gasteiger partial charge in [-0.25, -0.2) is 4.79 Å². The molecule has 0 aliphatic heterocycles. The summed E-state index contributed by atoms with van der Waals surface area (Å²) in [6.07, 6.45) is -0.431. The van der Waals surface area contributed by atoms with Gasteiger partial charge in [-0.3, -0.25) is 0 Å². The number of carbonyl (C=O) groups is 1. The van der Waals surface area contributed by atoms with Crippen molar-refractivity contribution in [2.45, 2.75) is 26.2 Å². The highest BCUT2D eigenvalue weighted by Crippen LogP contribution is 2.02. The highest BCUT2D eigenvalue weighted by Gasteiger charge is 2.08. The lowest BCUT2D eigenvalue weighted by molar-refractivity contribution is 0.0927. The van der Waals surface area contributed by atoms with E-state index in [-0.39, 0.29) is 12.6 Å². The monoisotopic (exact) mass is 299 g/mol. The van der Waals surface area contributed by atoms with Crippen LogP contribution >= 0.6 is 0 Å². The smallest absolute Gasteiger partial charge is 0.407 e. The summed E-state index contributed by atoms with van der Waals surface area (Å²) < 4.78 is 10.7. The second kappa shape index (κ2) is 8.85. The van der Waals surface area contributed by atoms with Crippen molar-refractivity contribution < 1.29 is 14.3 Å². The molecule has 1 atom stereocenters. The Morgan fingerprint density at radius 2 is 1.50 bits per heavy atom. The second-order valence-electron chi connectivity index (χ2n) is 5.11. The predicted octanol–water partition coefficient (Wildman–Crippen LogP) is 3.52. The first-order chi connectivity index (χ1) is 10.7. The Kier molecular flexibility index (Phi) is 6.45. The van der Waals surface area contributed by atoms with Crippen molar-refractivity contribution in [3.8, 4) is 0 Å². The number of hydrogen-bond donors (Lipinski definition) is 1. The lowest BCUT2D eigenvalue weighted by atomic mass is 10.2. The first kappa shape index (κ1) is 16.0. The van der Waals surface area contributed by atoms with E-state index in [0.717, 1.165) is 11.1 Å². The molecule has 22 heavy (non-hydrogen) atoms. The standard InChI is InChI=1S/C18H21NO3/c1-15(12-21-13-16-8-4-2-5-9-16)19-18(20)22-14-17-10-6-3-7-11-17/h2-11,15H,12-14H2,1H3,(H,19,20). The average Bonchev–Trinajstić information content (AvgIpc) is 2.55. The van der Waals surface area contributed by atoms with Crippen molar-refractivity contribution in [2.75, 3.05) is 6.61 Å². The van der Waals surface area contributed by atoms with E-state index in [2.05, 4.69) is 5.32 Å². The van der Waals surface area contributed by atoms with Gasteiger partial charge in [-0.1, -0.05) is 60.7 Å². The minimum Gasteiger partial charge on any atom is -0.445 e. The quantitative estimate of drug-likeness (QED) is 0.851. The van der Waals surface area contributed by atoms with Crippen LogP contribution < -0.4 is 5.32 Å². The van der Waals surface area contributed by atoms with E-state index in [4.69, 9.17) is 9.47 Å². The maximum atomic E-state index is 11.7. The molecule has 2 rings (SSSR count). The zero-order chi connectivity index (χ0) is 15.6. The number of benzene rings is 2. The molecule has 116 valence electrons. The van der Waals surface area contributed by atoms with Crippen LogP contribution in [0.1, 0.15) is 18.1 Å². The van der Waals surface area contributed by atoms with E-state index in [0.29, 0.717) is 13.2 Å². The fourth-order valence-corrected chi connectivity index (χ4v) is 1.94. The molecule has 0 fully saturated rings.